The maximum absolute atomic E-state index is 13.2. The second-order valence-electron chi connectivity index (χ2n) is 7.72. The first-order valence-electron chi connectivity index (χ1n) is 10.6. The van der Waals surface area contributed by atoms with Crippen LogP contribution >= 0.6 is 23.2 Å². The zero-order valence-electron chi connectivity index (χ0n) is 18.0. The number of ether oxygens (including phenoxy) is 1. The summed E-state index contributed by atoms with van der Waals surface area (Å²) in [7, 11) is 0. The molecule has 1 heterocycles. The molecular weight excluding hydrogens is 461 g/mol. The minimum atomic E-state index is -0.568. The van der Waals surface area contributed by atoms with Gasteiger partial charge < -0.3 is 10.1 Å². The van der Waals surface area contributed by atoms with Crippen LogP contribution in [0.1, 0.15) is 40.5 Å². The number of nitrogens with one attached hydrogen (secondary N) is 2. The van der Waals surface area contributed by atoms with Crippen molar-refractivity contribution in [2.75, 3.05) is 11.9 Å². The van der Waals surface area contributed by atoms with Gasteiger partial charge in [0.2, 0.25) is 5.91 Å². The number of benzene rings is 3. The van der Waals surface area contributed by atoms with Gasteiger partial charge in [-0.1, -0.05) is 47.5 Å². The highest BCUT2D eigenvalue weighted by Gasteiger charge is 2.34. The van der Waals surface area contributed by atoms with Crippen LogP contribution < -0.4 is 15.5 Å². The van der Waals surface area contributed by atoms with E-state index in [4.69, 9.17) is 27.9 Å². The first kappa shape index (κ1) is 23.0. The van der Waals surface area contributed by atoms with E-state index in [0.29, 0.717) is 34.3 Å². The Hall–Kier alpha value is -3.22. The van der Waals surface area contributed by atoms with Crippen LogP contribution in [0, 0.1) is 6.92 Å². The van der Waals surface area contributed by atoms with Crippen LogP contribution in [0.15, 0.2) is 66.7 Å². The number of halogens is 2. The molecule has 170 valence electrons. The second kappa shape index (κ2) is 10.1. The fourth-order valence-corrected chi connectivity index (χ4v) is 3.98. The van der Waals surface area contributed by atoms with Crippen LogP contribution in [0.5, 0.6) is 5.75 Å². The van der Waals surface area contributed by atoms with Gasteiger partial charge in [-0.05, 0) is 66.9 Å². The van der Waals surface area contributed by atoms with Gasteiger partial charge in [0.1, 0.15) is 11.9 Å². The van der Waals surface area contributed by atoms with Crippen LogP contribution in [-0.4, -0.2) is 23.4 Å². The minimum absolute atomic E-state index is 0.200. The normalized spacial score (nSPS) is 14.9. The lowest BCUT2D eigenvalue weighted by molar-refractivity contribution is -0.126. The maximum Gasteiger partial charge on any atom is 0.276 e. The first-order chi connectivity index (χ1) is 15.9. The summed E-state index contributed by atoms with van der Waals surface area (Å²) >= 11 is 12.0. The summed E-state index contributed by atoms with van der Waals surface area (Å²) in [5.41, 5.74) is 5.69. The average molecular weight is 484 g/mol. The molecule has 0 spiro atoms. The van der Waals surface area contributed by atoms with Crippen molar-refractivity contribution in [3.05, 3.63) is 93.5 Å². The van der Waals surface area contributed by atoms with Gasteiger partial charge in [-0.3, -0.25) is 15.0 Å². The van der Waals surface area contributed by atoms with Crippen molar-refractivity contribution in [1.82, 2.24) is 10.4 Å². The highest BCUT2D eigenvalue weighted by Crippen LogP contribution is 2.32. The van der Waals surface area contributed by atoms with Gasteiger partial charge in [0.05, 0.1) is 12.2 Å². The fraction of sp³-hybridized carbons (Fsp3) is 0.200. The van der Waals surface area contributed by atoms with Crippen molar-refractivity contribution in [3.63, 3.8) is 0 Å². The van der Waals surface area contributed by atoms with Crippen LogP contribution in [-0.2, 0) is 4.79 Å². The summed E-state index contributed by atoms with van der Waals surface area (Å²) in [6, 6.07) is 19.8. The van der Waals surface area contributed by atoms with Gasteiger partial charge in [-0.25, -0.2) is 5.01 Å². The Morgan fingerprint density at radius 1 is 1.06 bits per heavy atom. The summed E-state index contributed by atoms with van der Waals surface area (Å²) in [6.07, 6.45) is 0.123. The molecule has 0 saturated carbocycles. The molecule has 4 rings (SSSR count). The number of aryl methyl sites for hydroxylation is 1. The van der Waals surface area contributed by atoms with Crippen molar-refractivity contribution in [2.24, 2.45) is 0 Å². The SMILES string of the molecule is Cc1cc(Cl)ccc1OCCCC(=O)NN1C(=O)c2ccccc2NC1c1ccc(Cl)cc1. The largest absolute Gasteiger partial charge is 0.493 e. The third-order valence-electron chi connectivity index (χ3n) is 5.30. The molecule has 0 saturated heterocycles. The Morgan fingerprint density at radius 3 is 2.55 bits per heavy atom. The van der Waals surface area contributed by atoms with E-state index in [0.717, 1.165) is 16.9 Å². The van der Waals surface area contributed by atoms with Crippen molar-refractivity contribution in [1.29, 1.82) is 0 Å². The highest BCUT2D eigenvalue weighted by atomic mass is 35.5. The number of anilines is 1. The van der Waals surface area contributed by atoms with Gasteiger partial charge in [0.15, 0.2) is 0 Å². The number of carbonyl (C=O) groups excluding carboxylic acids is 2. The highest BCUT2D eigenvalue weighted by molar-refractivity contribution is 6.30. The summed E-state index contributed by atoms with van der Waals surface area (Å²) in [5.74, 6) is 0.167. The number of hydrogen-bond acceptors (Lipinski definition) is 4. The molecule has 0 fully saturated rings. The number of nitrogens with zero attached hydrogens (tertiary/aromatic N) is 1. The first-order valence-corrected chi connectivity index (χ1v) is 11.3. The minimum Gasteiger partial charge on any atom is -0.493 e. The number of rotatable bonds is 7. The smallest absolute Gasteiger partial charge is 0.276 e. The van der Waals surface area contributed by atoms with Crippen LogP contribution in [0.3, 0.4) is 0 Å². The summed E-state index contributed by atoms with van der Waals surface area (Å²) < 4.78 is 5.76. The lowest BCUT2D eigenvalue weighted by Crippen LogP contribution is -2.52. The van der Waals surface area contributed by atoms with E-state index in [9.17, 15) is 9.59 Å². The molecule has 3 aromatic carbocycles. The van der Waals surface area contributed by atoms with Crippen LogP contribution in [0.25, 0.3) is 0 Å². The molecule has 1 atom stereocenters. The Morgan fingerprint density at radius 2 is 1.79 bits per heavy atom. The Balaban J connectivity index is 1.42. The molecule has 0 bridgehead atoms. The molecule has 0 aliphatic carbocycles. The Labute approximate surface area is 202 Å². The number of hydrazine groups is 1. The molecule has 6 nitrogen and oxygen atoms in total. The van der Waals surface area contributed by atoms with E-state index >= 15 is 0 Å². The molecule has 33 heavy (non-hydrogen) atoms. The lowest BCUT2D eigenvalue weighted by atomic mass is 10.0. The van der Waals surface area contributed by atoms with Gasteiger partial charge in [-0.2, -0.15) is 0 Å². The number of hydrogen-bond donors (Lipinski definition) is 2. The number of carbonyl (C=O) groups is 2. The Kier molecular flexibility index (Phi) is 7.06. The van der Waals surface area contributed by atoms with Gasteiger partial charge >= 0.3 is 0 Å². The van der Waals surface area contributed by atoms with Crippen LogP contribution in [0.2, 0.25) is 10.0 Å². The van der Waals surface area contributed by atoms with Gasteiger partial charge in [0, 0.05) is 22.2 Å². The van der Waals surface area contributed by atoms with E-state index in [1.807, 2.05) is 43.3 Å². The second-order valence-corrected chi connectivity index (χ2v) is 8.59. The average Bonchev–Trinajstić information content (AvgIpc) is 2.80. The molecule has 1 aliphatic rings. The molecule has 1 aliphatic heterocycles. The van der Waals surface area contributed by atoms with E-state index in [1.165, 1.54) is 5.01 Å². The summed E-state index contributed by atoms with van der Waals surface area (Å²) in [5, 5.41) is 5.90. The molecule has 2 amide bonds. The van der Waals surface area contributed by atoms with Gasteiger partial charge in [-0.15, -0.1) is 0 Å². The van der Waals surface area contributed by atoms with Gasteiger partial charge in [0.25, 0.3) is 5.91 Å². The van der Waals surface area contributed by atoms with Crippen molar-refractivity contribution >= 4 is 40.7 Å². The Bertz CT molecular complexity index is 1170. The molecule has 2 N–H and O–H groups in total. The molecule has 0 aromatic heterocycles. The number of fused-ring (bicyclic) bond motifs is 1. The van der Waals surface area contributed by atoms with Crippen molar-refractivity contribution < 1.29 is 14.3 Å². The number of amides is 2. The topological polar surface area (TPSA) is 70.7 Å². The number of para-hydroxylation sites is 1. The van der Waals surface area contributed by atoms with E-state index in [2.05, 4.69) is 10.7 Å². The zero-order valence-corrected chi connectivity index (χ0v) is 19.5. The molecule has 3 aromatic rings. The molecule has 0 radical (unpaired) electrons. The zero-order chi connectivity index (χ0) is 23.4. The van der Waals surface area contributed by atoms with Crippen molar-refractivity contribution in [3.8, 4) is 5.75 Å². The third-order valence-corrected chi connectivity index (χ3v) is 5.79. The standard InChI is InChI=1S/C25H23Cl2N3O3/c1-16-15-19(27)12-13-22(16)33-14-4-7-23(31)29-30-24(17-8-10-18(26)11-9-17)28-21-6-3-2-5-20(21)25(30)32/h2-3,5-6,8-13,15,24,28H,4,7,14H2,1H3,(H,29,31). The fourth-order valence-electron chi connectivity index (χ4n) is 3.63. The lowest BCUT2D eigenvalue weighted by Gasteiger charge is -2.37. The van der Waals surface area contributed by atoms with E-state index < -0.39 is 6.17 Å². The molecular formula is C25H23Cl2N3O3. The predicted molar refractivity (Wildman–Crippen MR) is 129 cm³/mol. The predicted octanol–water partition coefficient (Wildman–Crippen LogP) is 5.76. The van der Waals surface area contributed by atoms with Crippen molar-refractivity contribution in [2.45, 2.75) is 25.9 Å². The van der Waals surface area contributed by atoms with Crippen LogP contribution in [0.4, 0.5) is 5.69 Å². The third kappa shape index (κ3) is 5.41. The van der Waals surface area contributed by atoms with E-state index in [1.54, 1.807) is 30.3 Å². The maximum atomic E-state index is 13.2. The van der Waals surface area contributed by atoms with E-state index in [-0.39, 0.29) is 18.2 Å². The summed E-state index contributed by atoms with van der Waals surface area (Å²) in [4.78, 5) is 25.9. The molecule has 1 unspecified atom stereocenters. The molecule has 8 heteroatoms. The quantitative estimate of drug-likeness (QED) is 0.419. The summed E-state index contributed by atoms with van der Waals surface area (Å²) in [6.45, 7) is 2.28. The monoisotopic (exact) mass is 483 g/mol.